The zero-order chi connectivity index (χ0) is 12.3. The molecule has 1 aromatic heterocycles. The highest BCUT2D eigenvalue weighted by atomic mass is 16.4. The second kappa shape index (κ2) is 4.32. The molecule has 1 rings (SSSR count). The summed E-state index contributed by atoms with van der Waals surface area (Å²) in [6.45, 7) is 3.15. The molecular formula is C11H14N2O3. The predicted molar refractivity (Wildman–Crippen MR) is 59.3 cm³/mol. The van der Waals surface area contributed by atoms with Gasteiger partial charge >= 0.3 is 5.97 Å². The molecule has 0 aliphatic carbocycles. The van der Waals surface area contributed by atoms with E-state index in [9.17, 15) is 9.90 Å². The van der Waals surface area contributed by atoms with Crippen molar-refractivity contribution in [3.8, 4) is 0 Å². The highest BCUT2D eigenvalue weighted by Crippen LogP contribution is 2.19. The molecule has 86 valence electrons. The van der Waals surface area contributed by atoms with Gasteiger partial charge in [-0.1, -0.05) is 6.07 Å². The number of nitrogens with zero attached hydrogens (tertiary/aromatic N) is 1. The number of carbonyl (C=O) groups is 1. The zero-order valence-corrected chi connectivity index (χ0v) is 9.14. The van der Waals surface area contributed by atoms with Gasteiger partial charge in [-0.2, -0.15) is 0 Å². The summed E-state index contributed by atoms with van der Waals surface area (Å²) < 4.78 is 0. The molecular weight excluding hydrogens is 208 g/mol. The third kappa shape index (κ3) is 2.58. The Labute approximate surface area is 93.2 Å². The minimum Gasteiger partial charge on any atom is -0.478 e. The fourth-order valence-corrected chi connectivity index (χ4v) is 1.19. The number of hydrogen-bond donors (Lipinski definition) is 3. The average molecular weight is 222 g/mol. The average Bonchev–Trinajstić information content (AvgIpc) is 2.17. The first-order chi connectivity index (χ1) is 7.36. The first kappa shape index (κ1) is 12.2. The van der Waals surface area contributed by atoms with E-state index in [0.29, 0.717) is 5.69 Å². The number of aromatic nitrogens is 1. The van der Waals surface area contributed by atoms with Crippen molar-refractivity contribution in [1.29, 1.82) is 0 Å². The van der Waals surface area contributed by atoms with Gasteiger partial charge in [0.2, 0.25) is 0 Å². The monoisotopic (exact) mass is 222 g/mol. The van der Waals surface area contributed by atoms with Gasteiger partial charge in [-0.05, 0) is 26.0 Å². The molecule has 0 atom stereocenters. The number of nitrogens with two attached hydrogens (primary N) is 1. The topological polar surface area (TPSA) is 96.4 Å². The summed E-state index contributed by atoms with van der Waals surface area (Å²) in [4.78, 5) is 14.9. The van der Waals surface area contributed by atoms with Crippen LogP contribution in [0.5, 0.6) is 0 Å². The number of pyridine rings is 1. The first-order valence-electron chi connectivity index (χ1n) is 4.71. The highest BCUT2D eigenvalue weighted by Gasteiger charge is 2.19. The van der Waals surface area contributed by atoms with E-state index in [2.05, 4.69) is 4.98 Å². The van der Waals surface area contributed by atoms with Gasteiger partial charge in [0.1, 0.15) is 11.2 Å². The van der Waals surface area contributed by atoms with Crippen molar-refractivity contribution >= 4 is 11.5 Å². The van der Waals surface area contributed by atoms with Crippen LogP contribution >= 0.6 is 0 Å². The largest absolute Gasteiger partial charge is 0.478 e. The first-order valence-corrected chi connectivity index (χ1v) is 4.71. The van der Waals surface area contributed by atoms with Crippen LogP contribution in [0, 0.1) is 0 Å². The van der Waals surface area contributed by atoms with Crippen molar-refractivity contribution in [2.24, 2.45) is 5.73 Å². The van der Waals surface area contributed by atoms with Crippen LogP contribution in [0.1, 0.15) is 25.2 Å². The summed E-state index contributed by atoms with van der Waals surface area (Å²) in [6.07, 6.45) is 0.985. The van der Waals surface area contributed by atoms with E-state index < -0.39 is 11.6 Å². The van der Waals surface area contributed by atoms with E-state index in [1.54, 1.807) is 26.0 Å². The number of hydrogen-bond acceptors (Lipinski definition) is 4. The van der Waals surface area contributed by atoms with Gasteiger partial charge in [-0.25, -0.2) is 9.78 Å². The minimum absolute atomic E-state index is 0.0916. The zero-order valence-electron chi connectivity index (χ0n) is 9.14. The van der Waals surface area contributed by atoms with Crippen molar-refractivity contribution in [2.45, 2.75) is 19.4 Å². The Balaban J connectivity index is 3.23. The lowest BCUT2D eigenvalue weighted by Gasteiger charge is -2.17. The van der Waals surface area contributed by atoms with Gasteiger partial charge in [0, 0.05) is 6.20 Å². The molecule has 0 spiro atoms. The standard InChI is InChI=1S/C11H14N2O3/c1-11(2,16)9-5-3-4-8(13-9)7(6-12)10(14)15/h3-6,16H,12H2,1-2H3,(H,14,15)/b7-6+. The SMILES string of the molecule is CC(C)(O)c1cccc(/C(=C\N)C(=O)O)n1. The van der Waals surface area contributed by atoms with E-state index in [0.717, 1.165) is 6.20 Å². The van der Waals surface area contributed by atoms with Crippen LogP contribution in [0.15, 0.2) is 24.4 Å². The van der Waals surface area contributed by atoms with Gasteiger partial charge in [0.25, 0.3) is 0 Å². The van der Waals surface area contributed by atoms with E-state index in [4.69, 9.17) is 10.8 Å². The molecule has 0 saturated carbocycles. The van der Waals surface area contributed by atoms with E-state index in [1.165, 1.54) is 6.07 Å². The Morgan fingerprint density at radius 3 is 2.56 bits per heavy atom. The molecule has 0 aliphatic rings. The molecule has 16 heavy (non-hydrogen) atoms. The molecule has 1 heterocycles. The summed E-state index contributed by atoms with van der Waals surface area (Å²) in [6, 6.07) is 4.78. The van der Waals surface area contributed by atoms with E-state index >= 15 is 0 Å². The third-order valence-electron chi connectivity index (χ3n) is 2.05. The van der Waals surface area contributed by atoms with Gasteiger partial charge in [-0.3, -0.25) is 0 Å². The highest BCUT2D eigenvalue weighted by molar-refractivity contribution is 6.14. The van der Waals surface area contributed by atoms with E-state index in [-0.39, 0.29) is 11.3 Å². The predicted octanol–water partition coefficient (Wildman–Crippen LogP) is 0.693. The molecule has 1 aromatic rings. The normalized spacial score (nSPS) is 12.6. The Hall–Kier alpha value is -1.88. The van der Waals surface area contributed by atoms with Gasteiger partial charge in [0.05, 0.1) is 11.4 Å². The van der Waals surface area contributed by atoms with Crippen LogP contribution in [0.4, 0.5) is 0 Å². The number of carboxylic acid groups (broad SMARTS) is 1. The molecule has 0 bridgehead atoms. The van der Waals surface area contributed by atoms with Crippen LogP contribution in [-0.4, -0.2) is 21.2 Å². The summed E-state index contributed by atoms with van der Waals surface area (Å²) in [5, 5.41) is 18.6. The van der Waals surface area contributed by atoms with Crippen molar-refractivity contribution < 1.29 is 15.0 Å². The van der Waals surface area contributed by atoms with Crippen LogP contribution in [-0.2, 0) is 10.4 Å². The van der Waals surface area contributed by atoms with Crippen LogP contribution < -0.4 is 5.73 Å². The van der Waals surface area contributed by atoms with Crippen LogP contribution in [0.25, 0.3) is 5.57 Å². The second-order valence-electron chi connectivity index (χ2n) is 3.85. The third-order valence-corrected chi connectivity index (χ3v) is 2.05. The van der Waals surface area contributed by atoms with Gasteiger partial charge < -0.3 is 15.9 Å². The van der Waals surface area contributed by atoms with Crippen molar-refractivity contribution in [2.75, 3.05) is 0 Å². The van der Waals surface area contributed by atoms with Gasteiger partial charge in [0.15, 0.2) is 0 Å². The molecule has 4 N–H and O–H groups in total. The maximum absolute atomic E-state index is 10.8. The number of rotatable bonds is 3. The number of carboxylic acids is 1. The molecule has 5 heteroatoms. The molecule has 0 aliphatic heterocycles. The lowest BCUT2D eigenvalue weighted by atomic mass is 10.0. The van der Waals surface area contributed by atoms with Crippen LogP contribution in [0.3, 0.4) is 0 Å². The summed E-state index contributed by atoms with van der Waals surface area (Å²) in [5.41, 5.74) is 4.64. The van der Waals surface area contributed by atoms with E-state index in [1.807, 2.05) is 0 Å². The van der Waals surface area contributed by atoms with Gasteiger partial charge in [-0.15, -0.1) is 0 Å². The van der Waals surface area contributed by atoms with Crippen molar-refractivity contribution in [1.82, 2.24) is 4.98 Å². The molecule has 0 saturated heterocycles. The Bertz CT molecular complexity index is 433. The smallest absolute Gasteiger partial charge is 0.339 e. The molecule has 0 fully saturated rings. The Morgan fingerprint density at radius 1 is 1.50 bits per heavy atom. The molecule has 0 aromatic carbocycles. The summed E-state index contributed by atoms with van der Waals surface area (Å²) in [7, 11) is 0. The molecule has 0 unspecified atom stereocenters. The number of aliphatic hydroxyl groups is 1. The van der Waals surface area contributed by atoms with Crippen molar-refractivity contribution in [3.05, 3.63) is 35.8 Å². The lowest BCUT2D eigenvalue weighted by Crippen LogP contribution is -2.18. The summed E-state index contributed by atoms with van der Waals surface area (Å²) in [5.74, 6) is -1.15. The Morgan fingerprint density at radius 2 is 2.12 bits per heavy atom. The fourth-order valence-electron chi connectivity index (χ4n) is 1.19. The maximum Gasteiger partial charge on any atom is 0.339 e. The maximum atomic E-state index is 10.8. The quantitative estimate of drug-likeness (QED) is 0.654. The lowest BCUT2D eigenvalue weighted by molar-refractivity contribution is -0.130. The fraction of sp³-hybridized carbons (Fsp3) is 0.273. The Kier molecular flexibility index (Phi) is 3.29. The van der Waals surface area contributed by atoms with Crippen molar-refractivity contribution in [3.63, 3.8) is 0 Å². The molecule has 0 radical (unpaired) electrons. The molecule has 0 amide bonds. The summed E-state index contributed by atoms with van der Waals surface area (Å²) >= 11 is 0. The number of aliphatic carboxylic acids is 1. The minimum atomic E-state index is -1.15. The second-order valence-corrected chi connectivity index (χ2v) is 3.85. The molecule has 5 nitrogen and oxygen atoms in total. The van der Waals surface area contributed by atoms with Crippen LogP contribution in [0.2, 0.25) is 0 Å².